The molecule has 0 radical (unpaired) electrons. The number of likely N-dealkylation sites (tertiary alicyclic amines) is 1. The van der Waals surface area contributed by atoms with Crippen LogP contribution in [0.15, 0.2) is 24.3 Å². The second kappa shape index (κ2) is 5.52. The standard InChI is InChI=1S/C14H23N3/c1-16-8-7-13(10-16)11-17(2)9-12-3-5-14(15)6-4-12/h3-6,13H,7-11,15H2,1-2H3. The van der Waals surface area contributed by atoms with Crippen LogP contribution in [0.2, 0.25) is 0 Å². The fourth-order valence-corrected chi connectivity index (χ4v) is 2.62. The molecule has 3 heteroatoms. The van der Waals surface area contributed by atoms with Crippen LogP contribution in [-0.4, -0.2) is 43.5 Å². The van der Waals surface area contributed by atoms with Crippen molar-refractivity contribution in [3.05, 3.63) is 29.8 Å². The van der Waals surface area contributed by atoms with E-state index >= 15 is 0 Å². The quantitative estimate of drug-likeness (QED) is 0.803. The van der Waals surface area contributed by atoms with Gasteiger partial charge in [0.25, 0.3) is 0 Å². The van der Waals surface area contributed by atoms with Gasteiger partial charge in [-0.2, -0.15) is 0 Å². The normalized spacial score (nSPS) is 21.2. The molecule has 3 nitrogen and oxygen atoms in total. The number of hydrogen-bond donors (Lipinski definition) is 1. The Labute approximate surface area is 104 Å². The van der Waals surface area contributed by atoms with Crippen molar-refractivity contribution in [3.63, 3.8) is 0 Å². The average molecular weight is 233 g/mol. The Morgan fingerprint density at radius 1 is 1.35 bits per heavy atom. The molecular weight excluding hydrogens is 210 g/mol. The van der Waals surface area contributed by atoms with Crippen molar-refractivity contribution in [2.24, 2.45) is 5.92 Å². The molecule has 0 bridgehead atoms. The maximum Gasteiger partial charge on any atom is 0.0314 e. The van der Waals surface area contributed by atoms with Gasteiger partial charge < -0.3 is 15.5 Å². The predicted octanol–water partition coefficient (Wildman–Crippen LogP) is 1.65. The molecule has 1 fully saturated rings. The second-order valence-electron chi connectivity index (χ2n) is 5.36. The van der Waals surface area contributed by atoms with E-state index < -0.39 is 0 Å². The third kappa shape index (κ3) is 3.72. The van der Waals surface area contributed by atoms with Crippen LogP contribution in [0.3, 0.4) is 0 Å². The summed E-state index contributed by atoms with van der Waals surface area (Å²) in [5, 5.41) is 0. The maximum absolute atomic E-state index is 5.69. The zero-order valence-electron chi connectivity index (χ0n) is 10.9. The largest absolute Gasteiger partial charge is 0.399 e. The van der Waals surface area contributed by atoms with Crippen LogP contribution in [0.4, 0.5) is 5.69 Å². The fourth-order valence-electron chi connectivity index (χ4n) is 2.62. The van der Waals surface area contributed by atoms with Crippen LogP contribution in [0, 0.1) is 5.92 Å². The van der Waals surface area contributed by atoms with Gasteiger partial charge in [-0.3, -0.25) is 0 Å². The molecule has 1 aromatic rings. The molecule has 0 spiro atoms. The van der Waals surface area contributed by atoms with Crippen molar-refractivity contribution in [2.75, 3.05) is 39.5 Å². The van der Waals surface area contributed by atoms with Gasteiger partial charge in [-0.15, -0.1) is 0 Å². The topological polar surface area (TPSA) is 32.5 Å². The van der Waals surface area contributed by atoms with Crippen LogP contribution >= 0.6 is 0 Å². The Balaban J connectivity index is 1.80. The van der Waals surface area contributed by atoms with Crippen molar-refractivity contribution in [3.8, 4) is 0 Å². The minimum Gasteiger partial charge on any atom is -0.399 e. The van der Waals surface area contributed by atoms with Crippen molar-refractivity contribution in [1.82, 2.24) is 9.80 Å². The number of anilines is 1. The summed E-state index contributed by atoms with van der Waals surface area (Å²) in [7, 11) is 4.41. The van der Waals surface area contributed by atoms with Crippen LogP contribution in [-0.2, 0) is 6.54 Å². The Morgan fingerprint density at radius 3 is 2.65 bits per heavy atom. The molecular formula is C14H23N3. The summed E-state index contributed by atoms with van der Waals surface area (Å²) >= 11 is 0. The Morgan fingerprint density at radius 2 is 2.06 bits per heavy atom. The number of nitrogen functional groups attached to an aromatic ring is 1. The lowest BCUT2D eigenvalue weighted by Gasteiger charge is -2.21. The van der Waals surface area contributed by atoms with Crippen LogP contribution in [0.1, 0.15) is 12.0 Å². The monoisotopic (exact) mass is 233 g/mol. The van der Waals surface area contributed by atoms with E-state index in [1.165, 1.54) is 31.6 Å². The molecule has 2 rings (SSSR count). The van der Waals surface area contributed by atoms with E-state index in [0.717, 1.165) is 18.2 Å². The smallest absolute Gasteiger partial charge is 0.0314 e. The summed E-state index contributed by atoms with van der Waals surface area (Å²) in [6, 6.07) is 8.19. The highest BCUT2D eigenvalue weighted by Crippen LogP contribution is 2.16. The lowest BCUT2D eigenvalue weighted by molar-refractivity contribution is 0.267. The highest BCUT2D eigenvalue weighted by molar-refractivity contribution is 5.39. The molecule has 0 aliphatic carbocycles. The number of nitrogens with zero attached hydrogens (tertiary/aromatic N) is 2. The first-order valence-electron chi connectivity index (χ1n) is 6.35. The highest BCUT2D eigenvalue weighted by atomic mass is 15.1. The zero-order chi connectivity index (χ0) is 12.3. The highest BCUT2D eigenvalue weighted by Gasteiger charge is 2.20. The second-order valence-corrected chi connectivity index (χ2v) is 5.36. The molecule has 0 saturated carbocycles. The van der Waals surface area contributed by atoms with E-state index in [1.54, 1.807) is 0 Å². The molecule has 2 N–H and O–H groups in total. The van der Waals surface area contributed by atoms with Gasteiger partial charge in [0.05, 0.1) is 0 Å². The summed E-state index contributed by atoms with van der Waals surface area (Å²) in [5.74, 6) is 0.832. The van der Waals surface area contributed by atoms with Gasteiger partial charge in [-0.25, -0.2) is 0 Å². The Kier molecular flexibility index (Phi) is 4.02. The van der Waals surface area contributed by atoms with Crippen molar-refractivity contribution in [1.29, 1.82) is 0 Å². The summed E-state index contributed by atoms with van der Waals surface area (Å²) < 4.78 is 0. The van der Waals surface area contributed by atoms with E-state index in [1.807, 2.05) is 12.1 Å². The van der Waals surface area contributed by atoms with Gasteiger partial charge in [-0.05, 0) is 50.7 Å². The maximum atomic E-state index is 5.69. The summed E-state index contributed by atoms with van der Waals surface area (Å²) in [4.78, 5) is 4.83. The summed E-state index contributed by atoms with van der Waals surface area (Å²) in [6.45, 7) is 4.70. The van der Waals surface area contributed by atoms with Crippen molar-refractivity contribution in [2.45, 2.75) is 13.0 Å². The molecule has 17 heavy (non-hydrogen) atoms. The first-order chi connectivity index (χ1) is 8.13. The van der Waals surface area contributed by atoms with E-state index in [9.17, 15) is 0 Å². The fraction of sp³-hybridized carbons (Fsp3) is 0.571. The van der Waals surface area contributed by atoms with Crippen molar-refractivity contribution < 1.29 is 0 Å². The third-order valence-corrected chi connectivity index (χ3v) is 3.49. The summed E-state index contributed by atoms with van der Waals surface area (Å²) in [5.41, 5.74) is 7.87. The van der Waals surface area contributed by atoms with Gasteiger partial charge in [0, 0.05) is 25.3 Å². The number of rotatable bonds is 4. The molecule has 1 aliphatic rings. The minimum absolute atomic E-state index is 0.832. The predicted molar refractivity (Wildman–Crippen MR) is 72.8 cm³/mol. The Hall–Kier alpha value is -1.06. The molecule has 1 atom stereocenters. The van der Waals surface area contributed by atoms with Crippen LogP contribution < -0.4 is 5.73 Å². The third-order valence-electron chi connectivity index (χ3n) is 3.49. The van der Waals surface area contributed by atoms with E-state index in [2.05, 4.69) is 36.0 Å². The van der Waals surface area contributed by atoms with Gasteiger partial charge in [-0.1, -0.05) is 12.1 Å². The van der Waals surface area contributed by atoms with Gasteiger partial charge in [0.1, 0.15) is 0 Å². The lowest BCUT2D eigenvalue weighted by atomic mass is 10.1. The van der Waals surface area contributed by atoms with E-state index in [4.69, 9.17) is 5.73 Å². The molecule has 0 aromatic heterocycles. The average Bonchev–Trinajstić information content (AvgIpc) is 2.67. The van der Waals surface area contributed by atoms with Gasteiger partial charge in [0.2, 0.25) is 0 Å². The molecule has 1 aromatic carbocycles. The SMILES string of the molecule is CN1CCC(CN(C)Cc2ccc(N)cc2)C1. The molecule has 1 unspecified atom stereocenters. The van der Waals surface area contributed by atoms with Gasteiger partial charge >= 0.3 is 0 Å². The van der Waals surface area contributed by atoms with E-state index in [0.29, 0.717) is 0 Å². The molecule has 1 saturated heterocycles. The summed E-state index contributed by atoms with van der Waals surface area (Å²) in [6.07, 6.45) is 1.34. The lowest BCUT2D eigenvalue weighted by Crippen LogP contribution is -2.27. The zero-order valence-corrected chi connectivity index (χ0v) is 10.9. The Bertz CT molecular complexity index is 347. The number of hydrogen-bond acceptors (Lipinski definition) is 3. The minimum atomic E-state index is 0.832. The van der Waals surface area contributed by atoms with Gasteiger partial charge in [0.15, 0.2) is 0 Å². The number of benzene rings is 1. The molecule has 1 aliphatic heterocycles. The van der Waals surface area contributed by atoms with Crippen LogP contribution in [0.25, 0.3) is 0 Å². The molecule has 0 amide bonds. The van der Waals surface area contributed by atoms with Crippen LogP contribution in [0.5, 0.6) is 0 Å². The first kappa shape index (κ1) is 12.4. The van der Waals surface area contributed by atoms with E-state index in [-0.39, 0.29) is 0 Å². The van der Waals surface area contributed by atoms with Crippen molar-refractivity contribution >= 4 is 5.69 Å². The first-order valence-corrected chi connectivity index (χ1v) is 6.35. The number of nitrogens with two attached hydrogens (primary N) is 1. The molecule has 94 valence electrons. The molecule has 1 heterocycles.